The van der Waals surface area contributed by atoms with Crippen LogP contribution in [-0.2, 0) is 13.1 Å². The lowest BCUT2D eigenvalue weighted by Gasteiger charge is -2.08. The molecule has 2 amide bonds. The van der Waals surface area contributed by atoms with E-state index in [2.05, 4.69) is 20.6 Å². The lowest BCUT2D eigenvalue weighted by atomic mass is 10.1. The van der Waals surface area contributed by atoms with Crippen molar-refractivity contribution >= 4 is 33.4 Å². The molecule has 158 valence electrons. The minimum absolute atomic E-state index is 0.162. The molecule has 2 N–H and O–H groups in total. The molecule has 0 saturated heterocycles. The van der Waals surface area contributed by atoms with Crippen LogP contribution in [0.25, 0.3) is 10.2 Å². The molecule has 1 aromatic carbocycles. The fourth-order valence-electron chi connectivity index (χ4n) is 3.46. The van der Waals surface area contributed by atoms with Crippen LogP contribution in [0.4, 0.5) is 0 Å². The number of carbonyl (C=O) groups excluding carboxylic acids is 2. The van der Waals surface area contributed by atoms with Crippen LogP contribution in [0.1, 0.15) is 48.4 Å². The van der Waals surface area contributed by atoms with E-state index in [1.54, 1.807) is 36.6 Å². The monoisotopic (exact) mass is 434 g/mol. The van der Waals surface area contributed by atoms with Gasteiger partial charge in [0, 0.05) is 23.2 Å². The molecule has 3 heterocycles. The predicted octanol–water partition coefficient (Wildman–Crippen LogP) is 4.07. The van der Waals surface area contributed by atoms with Crippen molar-refractivity contribution in [2.75, 3.05) is 0 Å². The maximum absolute atomic E-state index is 12.8. The third-order valence-electron chi connectivity index (χ3n) is 4.93. The number of aromatic nitrogens is 2. The number of nitrogens with zero attached hydrogens (tertiary/aromatic N) is 2. The molecule has 31 heavy (non-hydrogen) atoms. The van der Waals surface area contributed by atoms with E-state index in [1.807, 2.05) is 26.8 Å². The third-order valence-corrected chi connectivity index (χ3v) is 6.12. The van der Waals surface area contributed by atoms with Crippen molar-refractivity contribution in [3.8, 4) is 0 Å². The van der Waals surface area contributed by atoms with Gasteiger partial charge in [0.25, 0.3) is 11.8 Å². The van der Waals surface area contributed by atoms with Crippen molar-refractivity contribution in [2.24, 2.45) is 0 Å². The number of nitrogens with one attached hydrogen (secondary N) is 2. The number of hydrogen-bond donors (Lipinski definition) is 2. The van der Waals surface area contributed by atoms with Gasteiger partial charge in [0.2, 0.25) is 0 Å². The molecular weight excluding hydrogens is 412 g/mol. The van der Waals surface area contributed by atoms with Crippen LogP contribution in [0, 0.1) is 20.8 Å². The van der Waals surface area contributed by atoms with Gasteiger partial charge in [0.05, 0.1) is 17.7 Å². The van der Waals surface area contributed by atoms with Gasteiger partial charge in [0.15, 0.2) is 0 Å². The SMILES string of the molecule is Cc1nc(C)c2c(C)c(C(=O)NCc3cccc(C(=O)NCc4ccco4)c3)sc2n1. The fraction of sp³-hybridized carbons (Fsp3) is 0.217. The minimum Gasteiger partial charge on any atom is -0.467 e. The molecule has 0 atom stereocenters. The van der Waals surface area contributed by atoms with E-state index in [-0.39, 0.29) is 11.8 Å². The van der Waals surface area contributed by atoms with E-state index in [4.69, 9.17) is 4.42 Å². The van der Waals surface area contributed by atoms with Gasteiger partial charge in [-0.15, -0.1) is 11.3 Å². The van der Waals surface area contributed by atoms with Gasteiger partial charge in [0.1, 0.15) is 16.4 Å². The summed E-state index contributed by atoms with van der Waals surface area (Å²) in [6.45, 7) is 6.33. The van der Waals surface area contributed by atoms with Gasteiger partial charge in [-0.05, 0) is 56.2 Å². The van der Waals surface area contributed by atoms with Crippen LogP contribution < -0.4 is 10.6 Å². The molecular formula is C23H22N4O3S. The highest BCUT2D eigenvalue weighted by Crippen LogP contribution is 2.31. The standard InChI is InChI=1S/C23H22N4O3S/c1-13-19-14(2)26-15(3)27-23(19)31-20(13)22(29)24-11-16-6-4-7-17(10-16)21(28)25-12-18-8-5-9-30-18/h4-10H,11-12H2,1-3H3,(H,24,29)(H,25,28). The van der Waals surface area contributed by atoms with Gasteiger partial charge >= 0.3 is 0 Å². The fourth-order valence-corrected chi connectivity index (χ4v) is 4.65. The Bertz CT molecular complexity index is 1260. The minimum atomic E-state index is -0.200. The molecule has 4 aromatic rings. The summed E-state index contributed by atoms with van der Waals surface area (Å²) in [5, 5.41) is 6.71. The molecule has 0 saturated carbocycles. The number of benzene rings is 1. The topological polar surface area (TPSA) is 97.1 Å². The Morgan fingerprint density at radius 1 is 1.00 bits per heavy atom. The average Bonchev–Trinajstić information content (AvgIpc) is 3.38. The zero-order chi connectivity index (χ0) is 22.0. The Morgan fingerprint density at radius 3 is 2.58 bits per heavy atom. The Labute approximate surface area is 183 Å². The Balaban J connectivity index is 1.43. The first kappa shape index (κ1) is 20.7. The molecule has 0 radical (unpaired) electrons. The van der Waals surface area contributed by atoms with E-state index in [1.165, 1.54) is 11.3 Å². The lowest BCUT2D eigenvalue weighted by molar-refractivity contribution is 0.0944. The van der Waals surface area contributed by atoms with E-state index in [9.17, 15) is 9.59 Å². The van der Waals surface area contributed by atoms with Crippen LogP contribution in [0.5, 0.6) is 0 Å². The average molecular weight is 435 g/mol. The van der Waals surface area contributed by atoms with Gasteiger partial charge < -0.3 is 15.1 Å². The second-order valence-corrected chi connectivity index (χ2v) is 8.24. The largest absolute Gasteiger partial charge is 0.467 e. The number of rotatable bonds is 6. The molecule has 4 rings (SSSR count). The first-order chi connectivity index (χ1) is 14.9. The van der Waals surface area contributed by atoms with Gasteiger partial charge in [-0.3, -0.25) is 9.59 Å². The van der Waals surface area contributed by atoms with Crippen LogP contribution in [-0.4, -0.2) is 21.8 Å². The first-order valence-corrected chi connectivity index (χ1v) is 10.7. The van der Waals surface area contributed by atoms with E-state index in [0.29, 0.717) is 35.1 Å². The quantitative estimate of drug-likeness (QED) is 0.477. The highest BCUT2D eigenvalue weighted by molar-refractivity contribution is 7.20. The zero-order valence-corrected chi connectivity index (χ0v) is 18.3. The van der Waals surface area contributed by atoms with Crippen molar-refractivity contribution in [3.63, 3.8) is 0 Å². The van der Waals surface area contributed by atoms with Crippen LogP contribution in [0.3, 0.4) is 0 Å². The predicted molar refractivity (Wildman–Crippen MR) is 119 cm³/mol. The Morgan fingerprint density at radius 2 is 1.81 bits per heavy atom. The molecule has 3 aromatic heterocycles. The van der Waals surface area contributed by atoms with Crippen LogP contribution in [0.2, 0.25) is 0 Å². The molecule has 0 aliphatic carbocycles. The van der Waals surface area contributed by atoms with Crippen LogP contribution >= 0.6 is 11.3 Å². The highest BCUT2D eigenvalue weighted by atomic mass is 32.1. The number of thiophene rings is 1. The van der Waals surface area contributed by atoms with E-state index in [0.717, 1.165) is 27.0 Å². The maximum Gasteiger partial charge on any atom is 0.261 e. The highest BCUT2D eigenvalue weighted by Gasteiger charge is 2.18. The summed E-state index contributed by atoms with van der Waals surface area (Å²) >= 11 is 1.37. The van der Waals surface area contributed by atoms with Crippen LogP contribution in [0.15, 0.2) is 47.1 Å². The van der Waals surface area contributed by atoms with Gasteiger partial charge in [-0.1, -0.05) is 12.1 Å². The summed E-state index contributed by atoms with van der Waals surface area (Å²) in [7, 11) is 0. The number of aryl methyl sites for hydroxylation is 3. The molecule has 0 aliphatic heterocycles. The first-order valence-electron chi connectivity index (χ1n) is 9.84. The van der Waals surface area contributed by atoms with Crippen molar-refractivity contribution in [1.82, 2.24) is 20.6 Å². The van der Waals surface area contributed by atoms with Crippen molar-refractivity contribution in [1.29, 1.82) is 0 Å². The maximum atomic E-state index is 12.8. The molecule has 7 nitrogen and oxygen atoms in total. The summed E-state index contributed by atoms with van der Waals surface area (Å²) in [5.41, 5.74) is 3.13. The molecule has 0 spiro atoms. The second-order valence-electron chi connectivity index (χ2n) is 7.24. The zero-order valence-electron chi connectivity index (χ0n) is 17.5. The number of hydrogen-bond acceptors (Lipinski definition) is 6. The molecule has 0 bridgehead atoms. The Kier molecular flexibility index (Phi) is 5.81. The number of furan rings is 1. The van der Waals surface area contributed by atoms with E-state index >= 15 is 0 Å². The molecule has 0 aliphatic rings. The molecule has 0 fully saturated rings. The number of carbonyl (C=O) groups is 2. The third kappa shape index (κ3) is 4.49. The molecule has 0 unspecified atom stereocenters. The summed E-state index contributed by atoms with van der Waals surface area (Å²) in [6, 6.07) is 10.8. The van der Waals surface area contributed by atoms with Gasteiger partial charge in [-0.2, -0.15) is 0 Å². The summed E-state index contributed by atoms with van der Waals surface area (Å²) in [6.07, 6.45) is 1.57. The number of fused-ring (bicyclic) bond motifs is 1. The smallest absolute Gasteiger partial charge is 0.261 e. The number of amides is 2. The summed E-state index contributed by atoms with van der Waals surface area (Å²) in [5.74, 6) is 1.02. The lowest BCUT2D eigenvalue weighted by Crippen LogP contribution is -2.24. The normalized spacial score (nSPS) is 10.9. The molecule has 8 heteroatoms. The van der Waals surface area contributed by atoms with Crippen molar-refractivity contribution in [3.05, 3.63) is 81.5 Å². The van der Waals surface area contributed by atoms with E-state index < -0.39 is 0 Å². The van der Waals surface area contributed by atoms with Crippen molar-refractivity contribution < 1.29 is 14.0 Å². The second kappa shape index (κ2) is 8.69. The van der Waals surface area contributed by atoms with Gasteiger partial charge in [-0.25, -0.2) is 9.97 Å². The van der Waals surface area contributed by atoms with Crippen molar-refractivity contribution in [2.45, 2.75) is 33.9 Å². The Hall–Kier alpha value is -3.52. The summed E-state index contributed by atoms with van der Waals surface area (Å²) in [4.78, 5) is 35.5. The summed E-state index contributed by atoms with van der Waals surface area (Å²) < 4.78 is 5.23.